The normalized spacial score (nSPS) is 12.2. The molecule has 5 nitrogen and oxygen atoms in total. The van der Waals surface area contributed by atoms with Gasteiger partial charge in [-0.3, -0.25) is 4.79 Å². The number of carbonyl (C=O) groups is 1. The Kier molecular flexibility index (Phi) is 11.5. The summed E-state index contributed by atoms with van der Waals surface area (Å²) >= 11 is 0. The first-order chi connectivity index (χ1) is 21.6. The van der Waals surface area contributed by atoms with Gasteiger partial charge in [-0.05, 0) is 60.0 Å². The number of hydrogen-bond donors (Lipinski definition) is 1. The first-order valence-corrected chi connectivity index (χ1v) is 19.7. The molecule has 0 saturated carbocycles. The van der Waals surface area contributed by atoms with Gasteiger partial charge in [-0.1, -0.05) is 101 Å². The zero-order valence-corrected chi connectivity index (χ0v) is 31.3. The summed E-state index contributed by atoms with van der Waals surface area (Å²) in [7, 11) is -1.45. The van der Waals surface area contributed by atoms with Crippen LogP contribution in [0.1, 0.15) is 53.4 Å². The number of oxazole rings is 1. The van der Waals surface area contributed by atoms with Crippen molar-refractivity contribution in [2.24, 2.45) is 11.8 Å². The number of aliphatic hydroxyl groups is 1. The van der Waals surface area contributed by atoms with Crippen molar-refractivity contribution in [1.29, 1.82) is 0 Å². The zero-order chi connectivity index (χ0) is 32.3. The number of benzene rings is 4. The minimum atomic E-state index is -1.45. The Morgan fingerprint density at radius 1 is 0.848 bits per heavy atom. The van der Waals surface area contributed by atoms with Crippen LogP contribution >= 0.6 is 0 Å². The quantitative estimate of drug-likeness (QED) is 0.0681. The molecule has 243 valence electrons. The van der Waals surface area contributed by atoms with Gasteiger partial charge in [-0.2, -0.15) is 0 Å². The second-order valence-electron chi connectivity index (χ2n) is 12.8. The Bertz CT molecular complexity index is 1960. The maximum atomic E-state index is 11.7. The van der Waals surface area contributed by atoms with E-state index in [4.69, 9.17) is 13.8 Å². The first-order valence-electron chi connectivity index (χ1n) is 16.2. The largest absolute Gasteiger partial charge is 0.512 e. The van der Waals surface area contributed by atoms with Crippen molar-refractivity contribution in [3.05, 3.63) is 84.6 Å². The average molecular weight is 811 g/mol. The second kappa shape index (κ2) is 14.9. The fourth-order valence-corrected chi connectivity index (χ4v) is 7.05. The molecule has 0 bridgehead atoms. The number of aromatic nitrogens is 1. The molecule has 1 radical (unpaired) electrons. The van der Waals surface area contributed by atoms with Crippen molar-refractivity contribution >= 4 is 62.9 Å². The summed E-state index contributed by atoms with van der Waals surface area (Å²) in [6, 6.07) is 26.3. The summed E-state index contributed by atoms with van der Waals surface area (Å²) in [5.41, 5.74) is 4.24. The van der Waals surface area contributed by atoms with Crippen LogP contribution in [0.4, 0.5) is 0 Å². The van der Waals surface area contributed by atoms with Gasteiger partial charge in [-0.25, -0.2) is 4.98 Å². The molecule has 6 aromatic rings. The molecule has 0 aliphatic heterocycles. The molecule has 0 aliphatic carbocycles. The fraction of sp³-hybridized carbons (Fsp3) is 0.333. The van der Waals surface area contributed by atoms with Crippen molar-refractivity contribution in [2.45, 2.75) is 73.0 Å². The van der Waals surface area contributed by atoms with E-state index in [9.17, 15) is 9.90 Å². The van der Waals surface area contributed by atoms with Gasteiger partial charge in [0.25, 0.3) is 0 Å². The summed E-state index contributed by atoms with van der Waals surface area (Å²) in [4.78, 5) is 16.5. The molecule has 0 aliphatic rings. The molecule has 0 saturated heterocycles. The number of hydrogen-bond acceptors (Lipinski definition) is 5. The predicted molar refractivity (Wildman–Crippen MR) is 190 cm³/mol. The Hall–Kier alpha value is -3.51. The van der Waals surface area contributed by atoms with Crippen LogP contribution in [-0.2, 0) is 24.9 Å². The summed E-state index contributed by atoms with van der Waals surface area (Å²) in [5, 5.41) is 15.3. The summed E-state index contributed by atoms with van der Waals surface area (Å²) in [6.45, 7) is 15.1. The van der Waals surface area contributed by atoms with E-state index in [1.807, 2.05) is 64.1 Å². The van der Waals surface area contributed by atoms with Crippen molar-refractivity contribution in [3.8, 4) is 11.5 Å². The first kappa shape index (κ1) is 35.3. The predicted octanol–water partition coefficient (Wildman–Crippen LogP) is 10.8. The molecule has 0 unspecified atom stereocenters. The van der Waals surface area contributed by atoms with Gasteiger partial charge >= 0.3 is 0 Å². The molecule has 2 aromatic heterocycles. The molecule has 0 amide bonds. The summed E-state index contributed by atoms with van der Waals surface area (Å²) in [6.07, 6.45) is 4.91. The van der Waals surface area contributed by atoms with E-state index in [1.54, 1.807) is 0 Å². The van der Waals surface area contributed by atoms with Crippen LogP contribution < -0.4 is 5.19 Å². The number of fused-ring (bicyclic) bond motifs is 6. The Balaban J connectivity index is 0.000000259. The van der Waals surface area contributed by atoms with Gasteiger partial charge in [0.15, 0.2) is 11.7 Å². The van der Waals surface area contributed by atoms with E-state index in [1.165, 1.54) is 11.3 Å². The molecule has 0 spiro atoms. The van der Waals surface area contributed by atoms with Crippen LogP contribution in [0.3, 0.4) is 0 Å². The molecule has 0 atom stereocenters. The third kappa shape index (κ3) is 7.22. The maximum Gasteiger partial charge on any atom is 0.162 e. The van der Waals surface area contributed by atoms with Crippen LogP contribution in [0, 0.1) is 17.9 Å². The Labute approximate surface area is 286 Å². The van der Waals surface area contributed by atoms with Gasteiger partial charge < -0.3 is 13.9 Å². The standard InChI is InChI=1S/C26H20NO2Si.C13H24O2.Ir/c1-30(2,3)17-12-13-19-23(15-17)28-25-18-9-5-4-8-16(18)14-20(24(19)25)26-27-21-10-6-7-11-22(21)29-26;1-5-10(6-2)12(14)9-13(15)11(7-3)8-4;/h4-13,15H,1-3H3;9-11,14H,5-8H2,1-4H3;/q-1;;/b;12-9-;. The minimum absolute atomic E-state index is 0. The van der Waals surface area contributed by atoms with Crippen LogP contribution in [0.25, 0.3) is 55.3 Å². The average Bonchev–Trinajstić information content (AvgIpc) is 3.64. The van der Waals surface area contributed by atoms with E-state index in [0.29, 0.717) is 5.89 Å². The molecule has 6 rings (SSSR count). The third-order valence-corrected chi connectivity index (χ3v) is 10.9. The molecule has 2 heterocycles. The SMILES string of the molecule is CCC(CC)C(=O)/C=C(\O)C(CC)CC.C[Si](C)(C)c1ccc2c(c1)oc1c3ccccc3[c-]c(-c3nc4ccccc4o3)c21.[Ir]. The number of furan rings is 1. The summed E-state index contributed by atoms with van der Waals surface area (Å²) in [5.74, 6) is 1.12. The molecule has 0 fully saturated rings. The van der Waals surface area contributed by atoms with Crippen LogP contribution in [0.2, 0.25) is 19.6 Å². The van der Waals surface area contributed by atoms with Crippen molar-refractivity contribution in [1.82, 2.24) is 4.98 Å². The molecule has 4 aromatic carbocycles. The second-order valence-corrected chi connectivity index (χ2v) is 17.9. The van der Waals surface area contributed by atoms with Gasteiger partial charge in [-0.15, -0.1) is 17.5 Å². The van der Waals surface area contributed by atoms with E-state index in [-0.39, 0.29) is 43.5 Å². The van der Waals surface area contributed by atoms with Crippen molar-refractivity contribution in [3.63, 3.8) is 0 Å². The smallest absolute Gasteiger partial charge is 0.162 e. The number of rotatable bonds is 9. The molecule has 1 N–H and O–H groups in total. The number of carbonyl (C=O) groups excluding carboxylic acids is 1. The monoisotopic (exact) mass is 811 g/mol. The summed E-state index contributed by atoms with van der Waals surface area (Å²) < 4.78 is 12.6. The maximum absolute atomic E-state index is 11.7. The Morgan fingerprint density at radius 2 is 1.50 bits per heavy atom. The fourth-order valence-electron chi connectivity index (χ4n) is 5.91. The van der Waals surface area contributed by atoms with Gasteiger partial charge in [0.1, 0.15) is 11.2 Å². The topological polar surface area (TPSA) is 76.5 Å². The number of ketones is 1. The van der Waals surface area contributed by atoms with Crippen LogP contribution in [-0.4, -0.2) is 23.9 Å². The number of nitrogens with zero attached hydrogens (tertiary/aromatic N) is 1. The third-order valence-electron chi connectivity index (χ3n) is 8.83. The van der Waals surface area contributed by atoms with Crippen molar-refractivity contribution < 1.29 is 38.8 Å². The van der Waals surface area contributed by atoms with Gasteiger partial charge in [0.2, 0.25) is 0 Å². The number of aliphatic hydroxyl groups excluding tert-OH is 1. The zero-order valence-electron chi connectivity index (χ0n) is 27.9. The Morgan fingerprint density at radius 3 is 2.15 bits per heavy atom. The van der Waals surface area contributed by atoms with Crippen molar-refractivity contribution in [2.75, 3.05) is 0 Å². The van der Waals surface area contributed by atoms with Crippen LogP contribution in [0.5, 0.6) is 0 Å². The van der Waals surface area contributed by atoms with E-state index in [0.717, 1.165) is 75.1 Å². The van der Waals surface area contributed by atoms with E-state index >= 15 is 0 Å². The van der Waals surface area contributed by atoms with E-state index < -0.39 is 8.07 Å². The minimum Gasteiger partial charge on any atom is -0.512 e. The number of para-hydroxylation sites is 2. The molecule has 7 heteroatoms. The van der Waals surface area contributed by atoms with Crippen LogP contribution in [0.15, 0.2) is 87.4 Å². The molecular formula is C39H44IrNO4Si-. The number of allylic oxidation sites excluding steroid dienone is 2. The molecular weight excluding hydrogens is 767 g/mol. The van der Waals surface area contributed by atoms with Gasteiger partial charge in [0, 0.05) is 38.0 Å². The molecule has 46 heavy (non-hydrogen) atoms. The van der Waals surface area contributed by atoms with E-state index in [2.05, 4.69) is 56.0 Å². The van der Waals surface area contributed by atoms with Gasteiger partial charge in [0.05, 0.1) is 24.9 Å².